The highest BCUT2D eigenvalue weighted by atomic mass is 32.1. The van der Waals surface area contributed by atoms with Gasteiger partial charge in [0, 0.05) is 9.75 Å². The third kappa shape index (κ3) is 4.77. The molecule has 0 spiro atoms. The minimum absolute atomic E-state index is 0.0950. The largest absolute Gasteiger partial charge is 0.311 e. The fourth-order valence-corrected chi connectivity index (χ4v) is 7.39. The first-order chi connectivity index (χ1) is 17.6. The molecule has 9 heteroatoms. The minimum atomic E-state index is -0.460. The van der Waals surface area contributed by atoms with Crippen molar-refractivity contribution in [3.05, 3.63) is 61.6 Å². The van der Waals surface area contributed by atoms with Crippen LogP contribution >= 0.6 is 22.7 Å². The number of aryl methyl sites for hydroxylation is 2. The van der Waals surface area contributed by atoms with Gasteiger partial charge in [0.05, 0.1) is 11.1 Å². The molecule has 0 aromatic carbocycles. The molecule has 0 bridgehead atoms. The summed E-state index contributed by atoms with van der Waals surface area (Å²) in [5, 5.41) is 26.3. The number of nitrogens with one attached hydrogen (secondary N) is 2. The summed E-state index contributed by atoms with van der Waals surface area (Å²) in [6, 6.07) is 9.24. The standard InChI is InChI=1S/C27H25N5O2S2/c28-14-18-16-8-3-1-5-12-22(16)35-26(18)31-24(33)20-10-7-11-21(30-20)25(34)32-27-19(15-29)17-9-4-2-6-13-23(17)36-27/h7,10-11H,1-6,8-9,12-13H2,(H,31,33)(H,32,34). The number of rotatable bonds is 4. The van der Waals surface area contributed by atoms with Gasteiger partial charge in [-0.05, 0) is 74.6 Å². The summed E-state index contributed by atoms with van der Waals surface area (Å²) in [5.41, 5.74) is 3.38. The average Bonchev–Trinajstić information content (AvgIpc) is 3.14. The maximum atomic E-state index is 13.0. The van der Waals surface area contributed by atoms with E-state index in [0.29, 0.717) is 21.1 Å². The van der Waals surface area contributed by atoms with Crippen LogP contribution in [0.5, 0.6) is 0 Å². The third-order valence-corrected chi connectivity index (χ3v) is 9.15. The Morgan fingerprint density at radius 1 is 0.722 bits per heavy atom. The van der Waals surface area contributed by atoms with Gasteiger partial charge < -0.3 is 10.6 Å². The predicted octanol–water partition coefficient (Wildman–Crippen LogP) is 5.99. The van der Waals surface area contributed by atoms with Crippen LogP contribution in [0.25, 0.3) is 0 Å². The molecule has 0 unspecified atom stereocenters. The van der Waals surface area contributed by atoms with Crippen LogP contribution in [0.3, 0.4) is 0 Å². The molecule has 7 nitrogen and oxygen atoms in total. The van der Waals surface area contributed by atoms with Crippen molar-refractivity contribution < 1.29 is 9.59 Å². The summed E-state index contributed by atoms with van der Waals surface area (Å²) in [4.78, 5) is 32.7. The van der Waals surface area contributed by atoms with E-state index >= 15 is 0 Å². The summed E-state index contributed by atoms with van der Waals surface area (Å²) < 4.78 is 0. The number of amides is 2. The second-order valence-electron chi connectivity index (χ2n) is 9.08. The lowest BCUT2D eigenvalue weighted by molar-refractivity contribution is 0.101. The number of carbonyl (C=O) groups is 2. The molecular formula is C27H25N5O2S2. The van der Waals surface area contributed by atoms with Gasteiger partial charge in [0.2, 0.25) is 0 Å². The minimum Gasteiger partial charge on any atom is -0.311 e. The first kappa shape index (κ1) is 24.2. The van der Waals surface area contributed by atoms with Gasteiger partial charge >= 0.3 is 0 Å². The van der Waals surface area contributed by atoms with E-state index in [2.05, 4.69) is 27.8 Å². The molecule has 3 aromatic heterocycles. The zero-order valence-electron chi connectivity index (χ0n) is 19.8. The van der Waals surface area contributed by atoms with Crippen LogP contribution in [0, 0.1) is 22.7 Å². The fraction of sp³-hybridized carbons (Fsp3) is 0.370. The number of aromatic nitrogens is 1. The van der Waals surface area contributed by atoms with Gasteiger partial charge in [-0.2, -0.15) is 10.5 Å². The highest BCUT2D eigenvalue weighted by Gasteiger charge is 2.24. The first-order valence-corrected chi connectivity index (χ1v) is 13.9. The lowest BCUT2D eigenvalue weighted by Gasteiger charge is -2.07. The predicted molar refractivity (Wildman–Crippen MR) is 141 cm³/mol. The summed E-state index contributed by atoms with van der Waals surface area (Å²) in [5.74, 6) is -0.920. The third-order valence-electron chi connectivity index (χ3n) is 6.73. The number of nitrogens with zero attached hydrogens (tertiary/aromatic N) is 3. The number of hydrogen-bond donors (Lipinski definition) is 2. The van der Waals surface area contributed by atoms with E-state index in [1.165, 1.54) is 32.4 Å². The van der Waals surface area contributed by atoms with Crippen LogP contribution in [0.2, 0.25) is 0 Å². The molecule has 0 saturated carbocycles. The van der Waals surface area contributed by atoms with Gasteiger partial charge in [-0.15, -0.1) is 22.7 Å². The number of carbonyl (C=O) groups excluding carboxylic acids is 2. The number of anilines is 2. The van der Waals surface area contributed by atoms with Crippen LogP contribution < -0.4 is 10.6 Å². The number of nitriles is 2. The Balaban J connectivity index is 1.34. The van der Waals surface area contributed by atoms with Crippen LogP contribution in [0.15, 0.2) is 18.2 Å². The molecule has 5 rings (SSSR count). The highest BCUT2D eigenvalue weighted by molar-refractivity contribution is 7.17. The molecule has 2 N–H and O–H groups in total. The summed E-state index contributed by atoms with van der Waals surface area (Å²) in [7, 11) is 0. The van der Waals surface area contributed by atoms with E-state index in [9.17, 15) is 20.1 Å². The van der Waals surface area contributed by atoms with Gasteiger partial charge in [0.25, 0.3) is 11.8 Å². The van der Waals surface area contributed by atoms with Crippen LogP contribution in [-0.4, -0.2) is 16.8 Å². The lowest BCUT2D eigenvalue weighted by Crippen LogP contribution is -2.18. The fourth-order valence-electron chi connectivity index (χ4n) is 4.92. The maximum absolute atomic E-state index is 13.0. The topological polar surface area (TPSA) is 119 Å². The molecule has 0 aliphatic heterocycles. The monoisotopic (exact) mass is 515 g/mol. The van der Waals surface area contributed by atoms with Crippen molar-refractivity contribution in [3.63, 3.8) is 0 Å². The Hall–Kier alpha value is -3.53. The van der Waals surface area contributed by atoms with Gasteiger partial charge in [-0.3, -0.25) is 9.59 Å². The molecule has 0 fully saturated rings. The van der Waals surface area contributed by atoms with Gasteiger partial charge in [-0.25, -0.2) is 4.98 Å². The second kappa shape index (κ2) is 10.6. The zero-order chi connectivity index (χ0) is 25.1. The molecule has 3 heterocycles. The van der Waals surface area contributed by atoms with Gasteiger partial charge in [0.15, 0.2) is 0 Å². The maximum Gasteiger partial charge on any atom is 0.274 e. The number of fused-ring (bicyclic) bond motifs is 2. The quantitative estimate of drug-likeness (QED) is 0.414. The van der Waals surface area contributed by atoms with Crippen LogP contribution in [0.4, 0.5) is 10.0 Å². The van der Waals surface area contributed by atoms with Crippen molar-refractivity contribution in [1.29, 1.82) is 10.5 Å². The lowest BCUT2D eigenvalue weighted by atomic mass is 10.1. The molecule has 2 aliphatic rings. The van der Waals surface area contributed by atoms with Gasteiger partial charge in [-0.1, -0.05) is 18.9 Å². The zero-order valence-corrected chi connectivity index (χ0v) is 21.4. The Kier molecular flexibility index (Phi) is 7.13. The highest BCUT2D eigenvalue weighted by Crippen LogP contribution is 2.38. The number of pyridine rings is 1. The Morgan fingerprint density at radius 2 is 1.17 bits per heavy atom. The molecule has 182 valence electrons. The van der Waals surface area contributed by atoms with Crippen molar-refractivity contribution in [2.75, 3.05) is 10.6 Å². The molecular weight excluding hydrogens is 490 g/mol. The SMILES string of the molecule is N#Cc1c(NC(=O)c2cccc(C(=O)Nc3sc4c(c3C#N)CCCCC4)n2)sc2c1CCCCC2. The van der Waals surface area contributed by atoms with Gasteiger partial charge in [0.1, 0.15) is 33.5 Å². The van der Waals surface area contributed by atoms with Crippen LogP contribution in [0.1, 0.15) is 91.5 Å². The van der Waals surface area contributed by atoms with E-state index in [-0.39, 0.29) is 11.4 Å². The molecule has 0 atom stereocenters. The van der Waals surface area contributed by atoms with Crippen molar-refractivity contribution in [2.24, 2.45) is 0 Å². The van der Waals surface area contributed by atoms with Crippen molar-refractivity contribution >= 4 is 44.5 Å². The normalized spacial score (nSPS) is 14.8. The first-order valence-electron chi connectivity index (χ1n) is 12.3. The van der Waals surface area contributed by atoms with Crippen molar-refractivity contribution in [1.82, 2.24) is 4.98 Å². The molecule has 0 radical (unpaired) electrons. The second-order valence-corrected chi connectivity index (χ2v) is 11.3. The molecule has 3 aromatic rings. The Bertz CT molecular complexity index is 1320. The van der Waals surface area contributed by atoms with Crippen molar-refractivity contribution in [3.8, 4) is 12.1 Å². The van der Waals surface area contributed by atoms with Crippen molar-refractivity contribution in [2.45, 2.75) is 64.2 Å². The Morgan fingerprint density at radius 3 is 1.61 bits per heavy atom. The Labute approximate surface area is 217 Å². The molecule has 2 aliphatic carbocycles. The number of hydrogen-bond acceptors (Lipinski definition) is 7. The molecule has 36 heavy (non-hydrogen) atoms. The molecule has 0 saturated heterocycles. The number of thiophene rings is 2. The van der Waals surface area contributed by atoms with E-state index in [1.807, 2.05) is 0 Å². The summed E-state index contributed by atoms with van der Waals surface area (Å²) in [6.07, 6.45) is 10.1. The van der Waals surface area contributed by atoms with E-state index < -0.39 is 11.8 Å². The average molecular weight is 516 g/mol. The molecule has 2 amide bonds. The smallest absolute Gasteiger partial charge is 0.274 e. The summed E-state index contributed by atoms with van der Waals surface area (Å²) in [6.45, 7) is 0. The van der Waals surface area contributed by atoms with Crippen LogP contribution in [-0.2, 0) is 25.7 Å². The summed E-state index contributed by atoms with van der Waals surface area (Å²) >= 11 is 2.93. The van der Waals surface area contributed by atoms with E-state index in [1.54, 1.807) is 18.2 Å². The van der Waals surface area contributed by atoms with E-state index in [4.69, 9.17) is 0 Å². The van der Waals surface area contributed by atoms with E-state index in [0.717, 1.165) is 75.3 Å².